The lowest BCUT2D eigenvalue weighted by molar-refractivity contribution is 0.460. The van der Waals surface area contributed by atoms with Crippen LogP contribution in [-0.4, -0.2) is 26.0 Å². The molecule has 1 fully saturated rings. The molecule has 2 unspecified atom stereocenters. The van der Waals surface area contributed by atoms with E-state index in [9.17, 15) is 8.42 Å². The highest BCUT2D eigenvalue weighted by Crippen LogP contribution is 2.25. The second-order valence-electron chi connectivity index (χ2n) is 4.62. The van der Waals surface area contributed by atoms with Gasteiger partial charge in [0.2, 0.25) is 0 Å². The Labute approximate surface area is 110 Å². The summed E-state index contributed by atoms with van der Waals surface area (Å²) in [5.41, 5.74) is 7.26. The van der Waals surface area contributed by atoms with Crippen LogP contribution in [0.2, 0.25) is 0 Å². The standard InChI is InChI=1S/C12H16BrNO2S/c13-11-4-2-1-3-9(11)7-12(14)10-5-6-17(15,16)8-10/h1-4,10,12H,5-8,14H2. The molecule has 0 saturated carbocycles. The van der Waals surface area contributed by atoms with Crippen molar-refractivity contribution in [2.75, 3.05) is 11.5 Å². The van der Waals surface area contributed by atoms with Crippen LogP contribution in [0.1, 0.15) is 12.0 Å². The van der Waals surface area contributed by atoms with Crippen LogP contribution >= 0.6 is 15.9 Å². The van der Waals surface area contributed by atoms with Crippen LogP contribution in [-0.2, 0) is 16.3 Å². The van der Waals surface area contributed by atoms with Crippen molar-refractivity contribution in [2.45, 2.75) is 18.9 Å². The topological polar surface area (TPSA) is 60.2 Å². The maximum Gasteiger partial charge on any atom is 0.150 e. The molecule has 0 radical (unpaired) electrons. The number of rotatable bonds is 3. The van der Waals surface area contributed by atoms with E-state index in [0.29, 0.717) is 12.2 Å². The normalized spacial score (nSPS) is 24.7. The largest absolute Gasteiger partial charge is 0.327 e. The van der Waals surface area contributed by atoms with Crippen molar-refractivity contribution in [1.82, 2.24) is 0 Å². The molecule has 1 aromatic carbocycles. The average molecular weight is 318 g/mol. The fourth-order valence-electron chi connectivity index (χ4n) is 2.25. The van der Waals surface area contributed by atoms with Gasteiger partial charge in [0.1, 0.15) is 0 Å². The fraction of sp³-hybridized carbons (Fsp3) is 0.500. The minimum absolute atomic E-state index is 0.0778. The second-order valence-corrected chi connectivity index (χ2v) is 7.71. The Morgan fingerprint density at radius 2 is 2.12 bits per heavy atom. The predicted molar refractivity (Wildman–Crippen MR) is 72.6 cm³/mol. The van der Waals surface area contributed by atoms with E-state index in [-0.39, 0.29) is 17.7 Å². The Balaban J connectivity index is 2.03. The molecular formula is C12H16BrNO2S. The van der Waals surface area contributed by atoms with Gasteiger partial charge in [-0.2, -0.15) is 0 Å². The van der Waals surface area contributed by atoms with Gasteiger partial charge in [-0.3, -0.25) is 0 Å². The van der Waals surface area contributed by atoms with Gasteiger partial charge < -0.3 is 5.73 Å². The molecule has 2 rings (SSSR count). The SMILES string of the molecule is NC(Cc1ccccc1Br)C1CCS(=O)(=O)C1. The van der Waals surface area contributed by atoms with Crippen molar-refractivity contribution < 1.29 is 8.42 Å². The molecule has 2 atom stereocenters. The first kappa shape index (κ1) is 13.1. The van der Waals surface area contributed by atoms with Crippen molar-refractivity contribution in [3.8, 4) is 0 Å². The van der Waals surface area contributed by atoms with E-state index in [1.807, 2.05) is 24.3 Å². The van der Waals surface area contributed by atoms with Gasteiger partial charge in [0.05, 0.1) is 11.5 Å². The highest BCUT2D eigenvalue weighted by molar-refractivity contribution is 9.10. The summed E-state index contributed by atoms with van der Waals surface area (Å²) in [5.74, 6) is 0.645. The summed E-state index contributed by atoms with van der Waals surface area (Å²) >= 11 is 3.48. The van der Waals surface area contributed by atoms with Crippen LogP contribution in [0, 0.1) is 5.92 Å². The summed E-state index contributed by atoms with van der Waals surface area (Å²) in [6.07, 6.45) is 1.43. The monoisotopic (exact) mass is 317 g/mol. The van der Waals surface area contributed by atoms with Crippen LogP contribution in [0.4, 0.5) is 0 Å². The fourth-order valence-corrected chi connectivity index (χ4v) is 4.59. The van der Waals surface area contributed by atoms with Crippen molar-refractivity contribution in [3.05, 3.63) is 34.3 Å². The zero-order valence-electron chi connectivity index (χ0n) is 9.47. The molecule has 0 aromatic heterocycles. The molecule has 94 valence electrons. The second kappa shape index (κ2) is 5.08. The lowest BCUT2D eigenvalue weighted by Gasteiger charge is -2.18. The van der Waals surface area contributed by atoms with Gasteiger partial charge in [-0.05, 0) is 30.4 Å². The zero-order valence-corrected chi connectivity index (χ0v) is 11.9. The third-order valence-electron chi connectivity index (χ3n) is 3.29. The molecule has 2 N–H and O–H groups in total. The number of hydrogen-bond donors (Lipinski definition) is 1. The first-order valence-electron chi connectivity index (χ1n) is 5.67. The summed E-state index contributed by atoms with van der Waals surface area (Å²) in [6.45, 7) is 0. The summed E-state index contributed by atoms with van der Waals surface area (Å²) in [7, 11) is -2.83. The summed E-state index contributed by atoms with van der Waals surface area (Å²) in [6, 6.07) is 7.85. The van der Waals surface area contributed by atoms with Gasteiger partial charge in [-0.25, -0.2) is 8.42 Å². The predicted octanol–water partition coefficient (Wildman–Crippen LogP) is 1.75. The molecule has 1 saturated heterocycles. The third-order valence-corrected chi connectivity index (χ3v) is 5.85. The number of nitrogens with two attached hydrogens (primary N) is 1. The Morgan fingerprint density at radius 3 is 2.71 bits per heavy atom. The number of sulfone groups is 1. The van der Waals surface area contributed by atoms with E-state index >= 15 is 0 Å². The van der Waals surface area contributed by atoms with Crippen molar-refractivity contribution in [3.63, 3.8) is 0 Å². The maximum absolute atomic E-state index is 11.4. The first-order valence-corrected chi connectivity index (χ1v) is 8.29. The van der Waals surface area contributed by atoms with E-state index in [4.69, 9.17) is 5.73 Å². The lowest BCUT2D eigenvalue weighted by atomic mass is 9.94. The Kier molecular flexibility index (Phi) is 3.90. The summed E-state index contributed by atoms with van der Waals surface area (Å²) < 4.78 is 23.8. The molecule has 0 aliphatic carbocycles. The quantitative estimate of drug-likeness (QED) is 0.924. The van der Waals surface area contributed by atoms with Crippen LogP contribution in [0.15, 0.2) is 28.7 Å². The minimum atomic E-state index is -2.83. The third kappa shape index (κ3) is 3.30. The summed E-state index contributed by atoms with van der Waals surface area (Å²) in [5, 5.41) is 0. The van der Waals surface area contributed by atoms with Crippen LogP contribution < -0.4 is 5.73 Å². The molecule has 1 aliphatic rings. The van der Waals surface area contributed by atoms with Crippen LogP contribution in [0.3, 0.4) is 0 Å². The molecule has 0 spiro atoms. The smallest absolute Gasteiger partial charge is 0.150 e. The van der Waals surface area contributed by atoms with Crippen molar-refractivity contribution in [2.24, 2.45) is 11.7 Å². The Hall–Kier alpha value is -0.390. The molecule has 3 nitrogen and oxygen atoms in total. The van der Waals surface area contributed by atoms with E-state index < -0.39 is 9.84 Å². The molecule has 1 aromatic rings. The highest BCUT2D eigenvalue weighted by atomic mass is 79.9. The van der Waals surface area contributed by atoms with Crippen LogP contribution in [0.25, 0.3) is 0 Å². The van der Waals surface area contributed by atoms with Crippen molar-refractivity contribution in [1.29, 1.82) is 0 Å². The van der Waals surface area contributed by atoms with E-state index in [2.05, 4.69) is 15.9 Å². The molecule has 0 amide bonds. The van der Waals surface area contributed by atoms with E-state index in [1.54, 1.807) is 0 Å². The molecular weight excluding hydrogens is 302 g/mol. The number of hydrogen-bond acceptors (Lipinski definition) is 3. The molecule has 1 heterocycles. The van der Waals surface area contributed by atoms with Gasteiger partial charge in [-0.1, -0.05) is 34.1 Å². The molecule has 0 bridgehead atoms. The highest BCUT2D eigenvalue weighted by Gasteiger charge is 2.32. The lowest BCUT2D eigenvalue weighted by Crippen LogP contribution is -2.33. The zero-order chi connectivity index (χ0) is 12.5. The van der Waals surface area contributed by atoms with Gasteiger partial charge in [0.25, 0.3) is 0 Å². The minimum Gasteiger partial charge on any atom is -0.327 e. The molecule has 5 heteroatoms. The molecule has 17 heavy (non-hydrogen) atoms. The van der Waals surface area contributed by atoms with Gasteiger partial charge in [-0.15, -0.1) is 0 Å². The Morgan fingerprint density at radius 1 is 1.41 bits per heavy atom. The van der Waals surface area contributed by atoms with E-state index in [1.165, 1.54) is 0 Å². The van der Waals surface area contributed by atoms with Gasteiger partial charge in [0, 0.05) is 10.5 Å². The van der Waals surface area contributed by atoms with Crippen molar-refractivity contribution >= 4 is 25.8 Å². The van der Waals surface area contributed by atoms with Gasteiger partial charge >= 0.3 is 0 Å². The first-order chi connectivity index (χ1) is 7.98. The maximum atomic E-state index is 11.4. The number of halogens is 1. The number of benzene rings is 1. The van der Waals surface area contributed by atoms with Crippen LogP contribution in [0.5, 0.6) is 0 Å². The van der Waals surface area contributed by atoms with Gasteiger partial charge in [0.15, 0.2) is 9.84 Å². The average Bonchev–Trinajstić information content (AvgIpc) is 2.62. The van der Waals surface area contributed by atoms with E-state index in [0.717, 1.165) is 16.5 Å². The Bertz CT molecular complexity index is 501. The summed E-state index contributed by atoms with van der Waals surface area (Å²) in [4.78, 5) is 0. The molecule has 1 aliphatic heterocycles.